The molecular formula is C17H25NO7S. The van der Waals surface area contributed by atoms with Crippen LogP contribution in [0.15, 0.2) is 29.2 Å². The van der Waals surface area contributed by atoms with Crippen LogP contribution in [0.25, 0.3) is 0 Å². The van der Waals surface area contributed by atoms with E-state index in [1.54, 1.807) is 19.1 Å². The van der Waals surface area contributed by atoms with Gasteiger partial charge in [0.25, 0.3) is 0 Å². The van der Waals surface area contributed by atoms with Crippen LogP contribution in [0, 0.1) is 6.92 Å². The van der Waals surface area contributed by atoms with Gasteiger partial charge in [0.1, 0.15) is 0 Å². The number of aryl methyl sites for hydroxylation is 1. The van der Waals surface area contributed by atoms with Gasteiger partial charge in [-0.05, 0) is 39.3 Å². The molecule has 0 aromatic heterocycles. The lowest BCUT2D eigenvalue weighted by molar-refractivity contribution is -0.175. The van der Waals surface area contributed by atoms with E-state index in [0.717, 1.165) is 5.56 Å². The zero-order valence-corrected chi connectivity index (χ0v) is 16.1. The maximum absolute atomic E-state index is 12.6. The fourth-order valence-electron chi connectivity index (χ4n) is 2.23. The molecule has 0 amide bonds. The maximum Gasteiger partial charge on any atom is 0.340 e. The molecule has 8 nitrogen and oxygen atoms in total. The first-order chi connectivity index (χ1) is 12.1. The van der Waals surface area contributed by atoms with Crippen LogP contribution in [0.2, 0.25) is 0 Å². The van der Waals surface area contributed by atoms with Crippen molar-refractivity contribution < 1.29 is 32.6 Å². The Morgan fingerprint density at radius 3 is 2.12 bits per heavy atom. The number of nitrogens with one attached hydrogen (secondary N) is 1. The van der Waals surface area contributed by atoms with Crippen molar-refractivity contribution in [1.82, 2.24) is 4.72 Å². The molecule has 2 atom stereocenters. The Hall–Kier alpha value is -1.97. The molecule has 0 aliphatic heterocycles. The number of sulfonamides is 1. The molecule has 2 N–H and O–H groups in total. The highest BCUT2D eigenvalue weighted by Crippen LogP contribution is 2.22. The first-order valence-electron chi connectivity index (χ1n) is 8.27. The summed E-state index contributed by atoms with van der Waals surface area (Å²) in [7, 11) is -4.20. The molecule has 0 spiro atoms. The van der Waals surface area contributed by atoms with Gasteiger partial charge in [-0.25, -0.2) is 13.2 Å². The van der Waals surface area contributed by atoms with Crippen molar-refractivity contribution >= 4 is 22.0 Å². The van der Waals surface area contributed by atoms with Crippen molar-refractivity contribution in [2.24, 2.45) is 0 Å². The molecule has 0 bridgehead atoms. The van der Waals surface area contributed by atoms with Crippen LogP contribution in [0.4, 0.5) is 0 Å². The lowest BCUT2D eigenvalue weighted by atomic mass is 9.92. The summed E-state index contributed by atoms with van der Waals surface area (Å²) in [5.74, 6) is -2.17. The van der Waals surface area contributed by atoms with Crippen LogP contribution in [0.1, 0.15) is 32.8 Å². The number of rotatable bonds is 9. The normalized spacial score (nSPS) is 15.0. The van der Waals surface area contributed by atoms with Gasteiger partial charge in [0, 0.05) is 0 Å². The Kier molecular flexibility index (Phi) is 7.73. The molecule has 0 unspecified atom stereocenters. The van der Waals surface area contributed by atoms with Gasteiger partial charge >= 0.3 is 11.9 Å². The van der Waals surface area contributed by atoms with Gasteiger partial charge in [-0.3, -0.25) is 4.79 Å². The van der Waals surface area contributed by atoms with Gasteiger partial charge in [-0.15, -0.1) is 0 Å². The van der Waals surface area contributed by atoms with E-state index in [1.807, 2.05) is 0 Å². The van der Waals surface area contributed by atoms with E-state index in [2.05, 4.69) is 4.72 Å². The van der Waals surface area contributed by atoms with Crippen LogP contribution in [0.3, 0.4) is 0 Å². The summed E-state index contributed by atoms with van der Waals surface area (Å²) in [6.07, 6.45) is -0.258. The summed E-state index contributed by atoms with van der Waals surface area (Å²) < 4.78 is 37.0. The van der Waals surface area contributed by atoms with Gasteiger partial charge < -0.3 is 14.6 Å². The van der Waals surface area contributed by atoms with E-state index < -0.39 is 33.6 Å². The molecule has 0 fully saturated rings. The number of carbonyl (C=O) groups is 2. The number of carbonyl (C=O) groups excluding carboxylic acids is 2. The van der Waals surface area contributed by atoms with Gasteiger partial charge in [0.05, 0.1) is 18.1 Å². The Balaban J connectivity index is 3.31. The lowest BCUT2D eigenvalue weighted by Crippen LogP contribution is -2.61. The second-order valence-electron chi connectivity index (χ2n) is 5.62. The van der Waals surface area contributed by atoms with Crippen molar-refractivity contribution in [2.45, 2.75) is 50.7 Å². The van der Waals surface area contributed by atoms with Crippen LogP contribution < -0.4 is 4.72 Å². The van der Waals surface area contributed by atoms with E-state index in [-0.39, 0.29) is 24.5 Å². The average molecular weight is 387 g/mol. The molecule has 9 heteroatoms. The highest BCUT2D eigenvalue weighted by atomic mass is 32.2. The fraction of sp³-hybridized carbons (Fsp3) is 0.529. The molecule has 0 heterocycles. The molecule has 1 aromatic carbocycles. The third-order valence-electron chi connectivity index (χ3n) is 3.77. The third-order valence-corrected chi connectivity index (χ3v) is 5.21. The van der Waals surface area contributed by atoms with Crippen LogP contribution in [-0.2, 0) is 29.1 Å². The average Bonchev–Trinajstić information content (AvgIpc) is 2.59. The first kappa shape index (κ1) is 22.1. The number of hydrogen-bond donors (Lipinski definition) is 2. The van der Waals surface area contributed by atoms with E-state index in [4.69, 9.17) is 9.47 Å². The van der Waals surface area contributed by atoms with Crippen LogP contribution in [0.5, 0.6) is 0 Å². The van der Waals surface area contributed by atoms with Gasteiger partial charge in [-0.2, -0.15) is 4.72 Å². The molecule has 1 aromatic rings. The Morgan fingerprint density at radius 2 is 1.65 bits per heavy atom. The second kappa shape index (κ2) is 9.11. The SMILES string of the molecule is CCOC(=O)[C@@H](NS(=O)(=O)c1ccc(C)cc1)[C@@](O)(CC)C(=O)OCC. The zero-order valence-electron chi connectivity index (χ0n) is 15.3. The summed E-state index contributed by atoms with van der Waals surface area (Å²) in [6.45, 7) is 6.19. The minimum atomic E-state index is -4.20. The molecule has 0 saturated heterocycles. The first-order valence-corrected chi connectivity index (χ1v) is 9.75. The summed E-state index contributed by atoms with van der Waals surface area (Å²) in [5.41, 5.74) is -1.55. The largest absolute Gasteiger partial charge is 0.465 e. The highest BCUT2D eigenvalue weighted by Gasteiger charge is 2.50. The predicted molar refractivity (Wildman–Crippen MR) is 93.8 cm³/mol. The third kappa shape index (κ3) is 5.03. The topological polar surface area (TPSA) is 119 Å². The number of ether oxygens (including phenoxy) is 2. The summed E-state index contributed by atoms with van der Waals surface area (Å²) in [4.78, 5) is 24.4. The summed E-state index contributed by atoms with van der Waals surface area (Å²) in [5, 5.41) is 10.7. The van der Waals surface area contributed by atoms with Gasteiger partial charge in [0.2, 0.25) is 10.0 Å². The number of aliphatic hydroxyl groups is 1. The van der Waals surface area contributed by atoms with Crippen molar-refractivity contribution in [2.75, 3.05) is 13.2 Å². The standard InChI is InChI=1S/C17H25NO7S/c1-5-17(21,16(20)25-7-3)14(15(19)24-6-2)18-26(22,23)13-10-8-12(4)9-11-13/h8-11,14,18,21H,5-7H2,1-4H3/t14-,17+/m1/s1. The van der Waals surface area contributed by atoms with Crippen molar-refractivity contribution in [3.05, 3.63) is 29.8 Å². The predicted octanol–water partition coefficient (Wildman–Crippen LogP) is 0.909. The smallest absolute Gasteiger partial charge is 0.340 e. The molecule has 0 aliphatic carbocycles. The lowest BCUT2D eigenvalue weighted by Gasteiger charge is -2.31. The molecule has 0 radical (unpaired) electrons. The summed E-state index contributed by atoms with van der Waals surface area (Å²) >= 11 is 0. The molecule has 26 heavy (non-hydrogen) atoms. The summed E-state index contributed by atoms with van der Waals surface area (Å²) in [6, 6.07) is 4.04. The number of hydrogen-bond acceptors (Lipinski definition) is 7. The van der Waals surface area contributed by atoms with Crippen molar-refractivity contribution in [3.8, 4) is 0 Å². The fourth-order valence-corrected chi connectivity index (χ4v) is 3.46. The Morgan fingerprint density at radius 1 is 1.12 bits per heavy atom. The van der Waals surface area contributed by atoms with Crippen LogP contribution >= 0.6 is 0 Å². The van der Waals surface area contributed by atoms with Gasteiger partial charge in [0.15, 0.2) is 11.6 Å². The van der Waals surface area contributed by atoms with E-state index in [0.29, 0.717) is 0 Å². The Bertz CT molecular complexity index is 730. The monoisotopic (exact) mass is 387 g/mol. The minimum absolute atomic E-state index is 0.0403. The molecule has 0 aliphatic rings. The van der Waals surface area contributed by atoms with E-state index in [1.165, 1.54) is 32.9 Å². The van der Waals surface area contributed by atoms with Crippen molar-refractivity contribution in [3.63, 3.8) is 0 Å². The van der Waals surface area contributed by atoms with Crippen LogP contribution in [-0.4, -0.2) is 50.3 Å². The molecule has 146 valence electrons. The molecule has 1 rings (SSSR count). The van der Waals surface area contributed by atoms with Gasteiger partial charge in [-0.1, -0.05) is 24.6 Å². The highest BCUT2D eigenvalue weighted by molar-refractivity contribution is 7.89. The Labute approximate surface area is 153 Å². The zero-order chi connectivity index (χ0) is 20.0. The maximum atomic E-state index is 12.6. The van der Waals surface area contributed by atoms with E-state index in [9.17, 15) is 23.1 Å². The van der Waals surface area contributed by atoms with Crippen molar-refractivity contribution in [1.29, 1.82) is 0 Å². The second-order valence-corrected chi connectivity index (χ2v) is 7.33. The molecule has 0 saturated carbocycles. The molecular weight excluding hydrogens is 362 g/mol. The van der Waals surface area contributed by atoms with E-state index >= 15 is 0 Å². The number of esters is 2. The number of benzene rings is 1. The quantitative estimate of drug-likeness (QED) is 0.605. The minimum Gasteiger partial charge on any atom is -0.465 e.